The lowest BCUT2D eigenvalue weighted by Crippen LogP contribution is -2.24. The summed E-state index contributed by atoms with van der Waals surface area (Å²) in [6, 6.07) is 12.4. The van der Waals surface area contributed by atoms with Crippen molar-refractivity contribution in [2.45, 2.75) is 40.4 Å². The number of carboxylic acids is 1. The van der Waals surface area contributed by atoms with Gasteiger partial charge in [-0.15, -0.1) is 24.0 Å². The minimum atomic E-state index is -4.01. The molecular formula is C30H32N6O13S3. The molecule has 0 bridgehead atoms. The van der Waals surface area contributed by atoms with Crippen molar-refractivity contribution in [1.82, 2.24) is 5.32 Å². The highest BCUT2D eigenvalue weighted by atomic mass is 32.2. The first-order valence-corrected chi connectivity index (χ1v) is 18.1. The van der Waals surface area contributed by atoms with Gasteiger partial charge in [0.05, 0.1) is 55.9 Å². The molecule has 0 saturated heterocycles. The molecule has 0 unspecified atom stereocenters. The maximum atomic E-state index is 13.3. The van der Waals surface area contributed by atoms with Crippen LogP contribution in [-0.2, 0) is 33.4 Å². The summed E-state index contributed by atoms with van der Waals surface area (Å²) in [6.07, 6.45) is 1.86. The number of phenolic OH excluding ortho intramolecular Hbond substituents is 3. The summed E-state index contributed by atoms with van der Waals surface area (Å²) in [6.45, 7) is 0.519. The molecule has 52 heavy (non-hydrogen) atoms. The van der Waals surface area contributed by atoms with E-state index in [1.54, 1.807) is 12.1 Å². The van der Waals surface area contributed by atoms with Crippen LogP contribution in [0.4, 0.5) is 28.4 Å². The van der Waals surface area contributed by atoms with Gasteiger partial charge in [-0.2, -0.15) is 5.11 Å². The van der Waals surface area contributed by atoms with Crippen molar-refractivity contribution in [3.63, 3.8) is 0 Å². The van der Waals surface area contributed by atoms with E-state index in [0.29, 0.717) is 43.2 Å². The fourth-order valence-electron chi connectivity index (χ4n) is 4.54. The number of nitrogens with two attached hydrogens (primary N) is 1. The average Bonchev–Trinajstić information content (AvgIpc) is 3.11. The number of azo groups is 2. The maximum absolute atomic E-state index is 13.3. The van der Waals surface area contributed by atoms with Crippen molar-refractivity contribution in [3.8, 4) is 17.2 Å². The number of aliphatic carboxylic acids is 1. The minimum absolute atomic E-state index is 0.0470. The second-order valence-corrected chi connectivity index (χ2v) is 14.2. The van der Waals surface area contributed by atoms with E-state index in [2.05, 4.69) is 44.5 Å². The number of fused-ring (bicyclic) bond motifs is 1. The molecule has 4 aromatic rings. The molecule has 0 spiro atoms. The minimum Gasteiger partial charge on any atom is -0.508 e. The van der Waals surface area contributed by atoms with Crippen LogP contribution in [0.3, 0.4) is 0 Å². The molecule has 0 amide bonds. The van der Waals surface area contributed by atoms with Gasteiger partial charge in [0.1, 0.15) is 22.8 Å². The number of benzene rings is 4. The molecule has 278 valence electrons. The second kappa shape index (κ2) is 19.3. The zero-order valence-electron chi connectivity index (χ0n) is 26.8. The molecule has 22 heteroatoms. The predicted molar refractivity (Wildman–Crippen MR) is 187 cm³/mol. The van der Waals surface area contributed by atoms with E-state index in [-0.39, 0.29) is 85.0 Å². The summed E-state index contributed by atoms with van der Waals surface area (Å²) in [7, 11) is -4.01. The SMILES string of the molecule is Nc1cc(O)ccc1N=Nc1ccc2cc(SOOO)c(N=Nc3cc(S(=O)(=O)CCNCCCCCC(=O)O)cc(SOOO)c3O)c(O)c2c1. The Balaban J connectivity index is 1.65. The van der Waals surface area contributed by atoms with Crippen LogP contribution in [0.1, 0.15) is 25.7 Å². The first-order chi connectivity index (χ1) is 24.9. The third-order valence-corrected chi connectivity index (χ3v) is 10.0. The quantitative estimate of drug-likeness (QED) is 0.0109. The fraction of sp³-hybridized carbons (Fsp3) is 0.233. The molecule has 0 aliphatic heterocycles. The normalized spacial score (nSPS) is 12.0. The number of nitrogens with zero attached hydrogens (tertiary/aromatic N) is 4. The highest BCUT2D eigenvalue weighted by Crippen LogP contribution is 2.46. The van der Waals surface area contributed by atoms with Crippen LogP contribution in [-0.4, -0.2) is 64.2 Å². The van der Waals surface area contributed by atoms with Gasteiger partial charge in [-0.1, -0.05) is 22.6 Å². The molecule has 0 aliphatic rings. The van der Waals surface area contributed by atoms with Gasteiger partial charge in [0.25, 0.3) is 0 Å². The molecule has 0 fully saturated rings. The van der Waals surface area contributed by atoms with Crippen LogP contribution in [0.15, 0.2) is 89.7 Å². The zero-order valence-corrected chi connectivity index (χ0v) is 29.2. The lowest BCUT2D eigenvalue weighted by Gasteiger charge is -2.11. The van der Waals surface area contributed by atoms with E-state index in [0.717, 1.165) is 12.1 Å². The third kappa shape index (κ3) is 11.2. The third-order valence-electron chi connectivity index (χ3n) is 7.07. The van der Waals surface area contributed by atoms with Crippen LogP contribution >= 0.6 is 24.1 Å². The second-order valence-electron chi connectivity index (χ2n) is 10.6. The molecular weight excluding hydrogens is 749 g/mol. The molecule has 0 heterocycles. The lowest BCUT2D eigenvalue weighted by atomic mass is 10.1. The van der Waals surface area contributed by atoms with Gasteiger partial charge in [0.2, 0.25) is 0 Å². The summed E-state index contributed by atoms with van der Waals surface area (Å²) in [4.78, 5) is 10.2. The number of sulfone groups is 1. The Labute approximate surface area is 303 Å². The number of nitrogen functional groups attached to an aromatic ring is 1. The number of rotatable bonds is 20. The Kier molecular flexibility index (Phi) is 14.9. The van der Waals surface area contributed by atoms with Crippen LogP contribution in [0.2, 0.25) is 0 Å². The van der Waals surface area contributed by atoms with E-state index < -0.39 is 27.3 Å². The van der Waals surface area contributed by atoms with Crippen molar-refractivity contribution in [3.05, 3.63) is 54.6 Å². The molecule has 0 aliphatic carbocycles. The lowest BCUT2D eigenvalue weighted by molar-refractivity contribution is -0.432. The Morgan fingerprint density at radius 1 is 0.788 bits per heavy atom. The molecule has 19 nitrogen and oxygen atoms in total. The number of nitrogens with one attached hydrogen (secondary N) is 1. The number of carboxylic acid groups (broad SMARTS) is 1. The van der Waals surface area contributed by atoms with Crippen molar-refractivity contribution < 1.29 is 62.9 Å². The number of hydrogen-bond donors (Lipinski definition) is 8. The molecule has 0 aromatic heterocycles. The number of anilines is 1. The molecule has 0 radical (unpaired) electrons. The molecule has 4 aromatic carbocycles. The Morgan fingerprint density at radius 3 is 2.23 bits per heavy atom. The van der Waals surface area contributed by atoms with Gasteiger partial charge in [0, 0.05) is 24.4 Å². The maximum Gasteiger partial charge on any atom is 0.303 e. The Morgan fingerprint density at radius 2 is 1.52 bits per heavy atom. The largest absolute Gasteiger partial charge is 0.508 e. The summed E-state index contributed by atoms with van der Waals surface area (Å²) in [5.74, 6) is -2.38. The molecule has 9 N–H and O–H groups in total. The summed E-state index contributed by atoms with van der Waals surface area (Å²) in [5.41, 5.74) is 5.97. The highest BCUT2D eigenvalue weighted by molar-refractivity contribution is 7.95. The van der Waals surface area contributed by atoms with E-state index in [1.807, 2.05) is 0 Å². The Hall–Kier alpha value is -4.62. The molecule has 4 rings (SSSR count). The van der Waals surface area contributed by atoms with Crippen molar-refractivity contribution in [1.29, 1.82) is 0 Å². The fourth-order valence-corrected chi connectivity index (χ4v) is 6.81. The van der Waals surface area contributed by atoms with Crippen molar-refractivity contribution in [2.24, 2.45) is 20.5 Å². The van der Waals surface area contributed by atoms with E-state index in [1.165, 1.54) is 30.3 Å². The van der Waals surface area contributed by atoms with Crippen molar-refractivity contribution in [2.75, 3.05) is 24.6 Å². The smallest absolute Gasteiger partial charge is 0.303 e. The topological polar surface area (TPSA) is 297 Å². The van der Waals surface area contributed by atoms with E-state index >= 15 is 0 Å². The van der Waals surface area contributed by atoms with Gasteiger partial charge in [-0.25, -0.2) is 18.9 Å². The monoisotopic (exact) mass is 780 g/mol. The first-order valence-electron chi connectivity index (χ1n) is 15.0. The van der Waals surface area contributed by atoms with Gasteiger partial charge in [0.15, 0.2) is 21.3 Å². The van der Waals surface area contributed by atoms with Gasteiger partial charge >= 0.3 is 5.97 Å². The van der Waals surface area contributed by atoms with Gasteiger partial charge in [-0.05, 0) is 67.2 Å². The first kappa shape index (κ1) is 40.2. The van der Waals surface area contributed by atoms with Crippen molar-refractivity contribution >= 4 is 79.1 Å². The summed E-state index contributed by atoms with van der Waals surface area (Å²) >= 11 is 0.725. The van der Waals surface area contributed by atoms with Crippen LogP contribution < -0.4 is 11.1 Å². The average molecular weight is 781 g/mol. The standard InChI is InChI=1S/C30H32N6O13S3/c31-22-14-19(37)7-8-23(22)34-33-18-6-5-17-12-25(50-48-46-42)28(29(40)21(17)13-18)36-35-24-15-20(16-26(30(24)41)51-49-47-43)52(44,45)11-10-32-9-3-1-2-4-27(38)39/h5-8,12-16,32,37,40-43H,1-4,9-11,31H2,(H,38,39). The molecule has 0 saturated carbocycles. The Bertz CT molecular complexity index is 2050. The number of carbonyl (C=O) groups is 1. The number of phenols is 3. The van der Waals surface area contributed by atoms with Gasteiger partial charge in [-0.3, -0.25) is 4.79 Å². The summed E-state index contributed by atoms with van der Waals surface area (Å²) in [5, 5.41) is 85.1. The van der Waals surface area contributed by atoms with Crippen LogP contribution in [0.5, 0.6) is 17.2 Å². The van der Waals surface area contributed by atoms with Crippen LogP contribution in [0, 0.1) is 0 Å². The highest BCUT2D eigenvalue weighted by Gasteiger charge is 2.22. The van der Waals surface area contributed by atoms with Crippen LogP contribution in [0.25, 0.3) is 10.8 Å². The number of aromatic hydroxyl groups is 3. The van der Waals surface area contributed by atoms with E-state index in [9.17, 15) is 28.5 Å². The van der Waals surface area contributed by atoms with Gasteiger partial charge < -0.3 is 31.5 Å². The zero-order chi connectivity index (χ0) is 37.7. The summed E-state index contributed by atoms with van der Waals surface area (Å²) < 4.78 is 35.5. The van der Waals surface area contributed by atoms with E-state index in [4.69, 9.17) is 21.4 Å². The number of hydrogen-bond acceptors (Lipinski definition) is 20. The number of unbranched alkanes of at least 4 members (excludes halogenated alkanes) is 2. The molecule has 0 atom stereocenters. The predicted octanol–water partition coefficient (Wildman–Crippen LogP) is 7.23.